The second-order valence-corrected chi connectivity index (χ2v) is 4.08. The Morgan fingerprint density at radius 3 is 2.73 bits per heavy atom. The van der Waals surface area contributed by atoms with Gasteiger partial charge in [0.05, 0.1) is 13.2 Å². The van der Waals surface area contributed by atoms with Crippen molar-refractivity contribution in [1.29, 1.82) is 0 Å². The lowest BCUT2D eigenvalue weighted by Gasteiger charge is -2.09. The van der Waals surface area contributed by atoms with Crippen LogP contribution in [-0.4, -0.2) is 26.4 Å². The minimum Gasteiger partial charge on any atom is -0.491 e. The molecule has 15 heavy (non-hydrogen) atoms. The molecule has 0 aliphatic heterocycles. The van der Waals surface area contributed by atoms with Gasteiger partial charge >= 0.3 is 0 Å². The first-order chi connectivity index (χ1) is 7.24. The summed E-state index contributed by atoms with van der Waals surface area (Å²) in [5, 5.41) is 0. The Kier molecular flexibility index (Phi) is 5.68. The lowest BCUT2D eigenvalue weighted by molar-refractivity contribution is 0.105. The number of halogens is 1. The van der Waals surface area contributed by atoms with E-state index in [1.807, 2.05) is 25.1 Å². The van der Waals surface area contributed by atoms with Gasteiger partial charge in [-0.05, 0) is 30.7 Å². The van der Waals surface area contributed by atoms with Gasteiger partial charge in [0.2, 0.25) is 0 Å². The van der Waals surface area contributed by atoms with Gasteiger partial charge in [-0.1, -0.05) is 15.9 Å². The van der Waals surface area contributed by atoms with E-state index in [2.05, 4.69) is 15.9 Å². The van der Waals surface area contributed by atoms with Crippen LogP contribution in [0.15, 0.2) is 22.7 Å². The van der Waals surface area contributed by atoms with Gasteiger partial charge in [-0.25, -0.2) is 0 Å². The predicted octanol–water partition coefficient (Wildman–Crippen LogP) is 2.11. The van der Waals surface area contributed by atoms with Crippen LogP contribution < -0.4 is 10.5 Å². The quantitative estimate of drug-likeness (QED) is 0.808. The minimum atomic E-state index is 0.553. The fraction of sp³-hybridized carbons (Fsp3) is 0.455. The van der Waals surface area contributed by atoms with Crippen molar-refractivity contribution >= 4 is 15.9 Å². The molecule has 1 rings (SSSR count). The van der Waals surface area contributed by atoms with Gasteiger partial charge in [0, 0.05) is 11.0 Å². The summed E-state index contributed by atoms with van der Waals surface area (Å²) >= 11 is 3.40. The average molecular weight is 274 g/mol. The van der Waals surface area contributed by atoms with E-state index in [9.17, 15) is 0 Å². The molecule has 0 spiro atoms. The Balaban J connectivity index is 2.31. The van der Waals surface area contributed by atoms with Crippen LogP contribution in [-0.2, 0) is 4.74 Å². The van der Waals surface area contributed by atoms with Gasteiger partial charge < -0.3 is 15.2 Å². The normalized spacial score (nSPS) is 10.3. The first kappa shape index (κ1) is 12.5. The number of aryl methyl sites for hydroxylation is 1. The molecule has 0 aromatic heterocycles. The van der Waals surface area contributed by atoms with E-state index in [0.29, 0.717) is 26.4 Å². The van der Waals surface area contributed by atoms with E-state index in [-0.39, 0.29) is 0 Å². The summed E-state index contributed by atoms with van der Waals surface area (Å²) in [5.74, 6) is 0.898. The van der Waals surface area contributed by atoms with Crippen molar-refractivity contribution in [1.82, 2.24) is 0 Å². The molecule has 3 nitrogen and oxygen atoms in total. The van der Waals surface area contributed by atoms with Crippen LogP contribution in [0.5, 0.6) is 5.75 Å². The number of rotatable bonds is 6. The fourth-order valence-corrected chi connectivity index (χ4v) is 1.65. The summed E-state index contributed by atoms with van der Waals surface area (Å²) in [6, 6.07) is 5.93. The molecule has 0 aliphatic rings. The lowest BCUT2D eigenvalue weighted by Crippen LogP contribution is -2.13. The molecule has 84 valence electrons. The summed E-state index contributed by atoms with van der Waals surface area (Å²) in [6.45, 7) is 4.29. The summed E-state index contributed by atoms with van der Waals surface area (Å²) in [6.07, 6.45) is 0. The van der Waals surface area contributed by atoms with Crippen molar-refractivity contribution < 1.29 is 9.47 Å². The molecule has 0 unspecified atom stereocenters. The monoisotopic (exact) mass is 273 g/mol. The molecular weight excluding hydrogens is 258 g/mol. The van der Waals surface area contributed by atoms with Crippen LogP contribution in [0.3, 0.4) is 0 Å². The van der Waals surface area contributed by atoms with Crippen molar-refractivity contribution in [3.8, 4) is 5.75 Å². The van der Waals surface area contributed by atoms with Crippen molar-refractivity contribution in [2.45, 2.75) is 6.92 Å². The van der Waals surface area contributed by atoms with Gasteiger partial charge in [0.1, 0.15) is 12.4 Å². The molecule has 0 saturated heterocycles. The molecule has 0 amide bonds. The standard InChI is InChI=1S/C11H16BrNO2/c1-9-8-10(12)2-3-11(9)15-7-6-14-5-4-13/h2-3,8H,4-7,13H2,1H3. The maximum atomic E-state index is 5.55. The van der Waals surface area contributed by atoms with Gasteiger partial charge in [-0.15, -0.1) is 0 Å². The topological polar surface area (TPSA) is 44.5 Å². The maximum absolute atomic E-state index is 5.55. The van der Waals surface area contributed by atoms with Crippen LogP contribution in [0.25, 0.3) is 0 Å². The molecule has 2 N–H and O–H groups in total. The molecule has 0 radical (unpaired) electrons. The Hall–Kier alpha value is -0.580. The lowest BCUT2D eigenvalue weighted by atomic mass is 10.2. The maximum Gasteiger partial charge on any atom is 0.122 e. The first-order valence-electron chi connectivity index (χ1n) is 4.91. The SMILES string of the molecule is Cc1cc(Br)ccc1OCCOCCN. The molecule has 0 saturated carbocycles. The molecule has 0 heterocycles. The van der Waals surface area contributed by atoms with Gasteiger partial charge in [-0.3, -0.25) is 0 Å². The Morgan fingerprint density at radius 1 is 1.27 bits per heavy atom. The third-order valence-electron chi connectivity index (χ3n) is 1.88. The van der Waals surface area contributed by atoms with Gasteiger partial charge in [0.25, 0.3) is 0 Å². The van der Waals surface area contributed by atoms with Crippen molar-refractivity contribution in [2.75, 3.05) is 26.4 Å². The Bertz CT molecular complexity index is 305. The van der Waals surface area contributed by atoms with Gasteiger partial charge in [-0.2, -0.15) is 0 Å². The van der Waals surface area contributed by atoms with Crippen LogP contribution in [0.4, 0.5) is 0 Å². The van der Waals surface area contributed by atoms with E-state index in [1.54, 1.807) is 0 Å². The molecular formula is C11H16BrNO2. The van der Waals surface area contributed by atoms with Crippen LogP contribution in [0, 0.1) is 6.92 Å². The predicted molar refractivity (Wildman–Crippen MR) is 64.2 cm³/mol. The molecule has 1 aromatic rings. The van der Waals surface area contributed by atoms with E-state index in [0.717, 1.165) is 15.8 Å². The smallest absolute Gasteiger partial charge is 0.122 e. The van der Waals surface area contributed by atoms with Crippen molar-refractivity contribution in [2.24, 2.45) is 5.73 Å². The molecule has 4 heteroatoms. The zero-order valence-electron chi connectivity index (χ0n) is 8.83. The number of hydrogen-bond acceptors (Lipinski definition) is 3. The van der Waals surface area contributed by atoms with Crippen LogP contribution in [0.2, 0.25) is 0 Å². The summed E-state index contributed by atoms with van der Waals surface area (Å²) < 4.78 is 11.8. The van der Waals surface area contributed by atoms with E-state index in [1.165, 1.54) is 0 Å². The largest absolute Gasteiger partial charge is 0.491 e. The summed E-state index contributed by atoms with van der Waals surface area (Å²) in [5.41, 5.74) is 6.41. The highest BCUT2D eigenvalue weighted by Gasteiger charge is 1.99. The number of ether oxygens (including phenoxy) is 2. The highest BCUT2D eigenvalue weighted by atomic mass is 79.9. The summed E-state index contributed by atoms with van der Waals surface area (Å²) in [7, 11) is 0. The Morgan fingerprint density at radius 2 is 2.07 bits per heavy atom. The van der Waals surface area contributed by atoms with E-state index in [4.69, 9.17) is 15.2 Å². The summed E-state index contributed by atoms with van der Waals surface area (Å²) in [4.78, 5) is 0. The van der Waals surface area contributed by atoms with Crippen molar-refractivity contribution in [3.63, 3.8) is 0 Å². The molecule has 0 aliphatic carbocycles. The first-order valence-corrected chi connectivity index (χ1v) is 5.70. The van der Waals surface area contributed by atoms with E-state index < -0.39 is 0 Å². The second kappa shape index (κ2) is 6.82. The third kappa shape index (κ3) is 4.64. The molecule has 0 bridgehead atoms. The molecule has 0 atom stereocenters. The van der Waals surface area contributed by atoms with Gasteiger partial charge in [0.15, 0.2) is 0 Å². The minimum absolute atomic E-state index is 0.553. The highest BCUT2D eigenvalue weighted by Crippen LogP contribution is 2.21. The third-order valence-corrected chi connectivity index (χ3v) is 2.38. The average Bonchev–Trinajstić information content (AvgIpc) is 2.20. The zero-order valence-corrected chi connectivity index (χ0v) is 10.4. The number of benzene rings is 1. The number of nitrogens with two attached hydrogens (primary N) is 1. The Labute approximate surface area is 98.7 Å². The van der Waals surface area contributed by atoms with Crippen LogP contribution in [0.1, 0.15) is 5.56 Å². The fourth-order valence-electron chi connectivity index (χ4n) is 1.17. The van der Waals surface area contributed by atoms with Crippen molar-refractivity contribution in [3.05, 3.63) is 28.2 Å². The van der Waals surface area contributed by atoms with E-state index >= 15 is 0 Å². The molecule has 1 aromatic carbocycles. The molecule has 0 fully saturated rings. The second-order valence-electron chi connectivity index (χ2n) is 3.16. The van der Waals surface area contributed by atoms with Crippen LogP contribution >= 0.6 is 15.9 Å². The number of hydrogen-bond donors (Lipinski definition) is 1. The highest BCUT2D eigenvalue weighted by molar-refractivity contribution is 9.10. The zero-order chi connectivity index (χ0) is 11.1.